The second-order valence-corrected chi connectivity index (χ2v) is 5.50. The first kappa shape index (κ1) is 13.2. The normalized spacial score (nSPS) is 18.5. The summed E-state index contributed by atoms with van der Waals surface area (Å²) in [7, 11) is 0. The minimum atomic E-state index is -0.171. The minimum absolute atomic E-state index is 0.171. The lowest BCUT2D eigenvalue weighted by Crippen LogP contribution is -2.59. The zero-order valence-electron chi connectivity index (χ0n) is 10.3. The van der Waals surface area contributed by atoms with Gasteiger partial charge in [0, 0.05) is 29.1 Å². The van der Waals surface area contributed by atoms with Crippen molar-refractivity contribution in [3.8, 4) is 0 Å². The van der Waals surface area contributed by atoms with Crippen molar-refractivity contribution in [2.45, 2.75) is 23.8 Å². The highest BCUT2D eigenvalue weighted by Crippen LogP contribution is 2.19. The highest BCUT2D eigenvalue weighted by molar-refractivity contribution is 7.99. The van der Waals surface area contributed by atoms with E-state index in [2.05, 4.69) is 17.9 Å². The highest BCUT2D eigenvalue weighted by atomic mass is 32.2. The maximum atomic E-state index is 11.7. The van der Waals surface area contributed by atoms with Gasteiger partial charge in [0.15, 0.2) is 0 Å². The standard InChI is InChI=1S/C14H17NO2S/c15-12-7-6-11(10-12)14(16)17-8-9-18-13-4-2-1-3-5-13/h1-6,12H,7-10,15H2/p+1/t12-/m0/s1. The Bertz CT molecular complexity index is 431. The Balaban J connectivity index is 1.65. The first-order valence-corrected chi connectivity index (χ1v) is 7.11. The topological polar surface area (TPSA) is 53.9 Å². The van der Waals surface area contributed by atoms with Crippen LogP contribution in [-0.4, -0.2) is 24.4 Å². The number of rotatable bonds is 5. The fraction of sp³-hybridized carbons (Fsp3) is 0.357. The monoisotopic (exact) mass is 264 g/mol. The summed E-state index contributed by atoms with van der Waals surface area (Å²) in [4.78, 5) is 12.9. The Kier molecular flexibility index (Phi) is 4.84. The molecule has 0 bridgehead atoms. The van der Waals surface area contributed by atoms with Crippen LogP contribution in [-0.2, 0) is 9.53 Å². The number of ether oxygens (including phenoxy) is 1. The summed E-state index contributed by atoms with van der Waals surface area (Å²) in [5.74, 6) is 0.617. The highest BCUT2D eigenvalue weighted by Gasteiger charge is 2.22. The molecule has 18 heavy (non-hydrogen) atoms. The van der Waals surface area contributed by atoms with E-state index in [-0.39, 0.29) is 5.97 Å². The fourth-order valence-electron chi connectivity index (χ4n) is 1.86. The largest absolute Gasteiger partial charge is 0.461 e. The smallest absolute Gasteiger partial charge is 0.333 e. The lowest BCUT2D eigenvalue weighted by atomic mass is 10.2. The zero-order valence-corrected chi connectivity index (χ0v) is 11.1. The molecule has 2 rings (SSSR count). The molecule has 0 aliphatic heterocycles. The van der Waals surface area contributed by atoms with Crippen molar-refractivity contribution >= 4 is 17.7 Å². The predicted molar refractivity (Wildman–Crippen MR) is 72.1 cm³/mol. The Morgan fingerprint density at radius 2 is 2.17 bits per heavy atom. The third-order valence-corrected chi connectivity index (χ3v) is 3.77. The third-order valence-electron chi connectivity index (χ3n) is 2.80. The van der Waals surface area contributed by atoms with E-state index in [1.54, 1.807) is 11.8 Å². The van der Waals surface area contributed by atoms with Crippen molar-refractivity contribution in [1.82, 2.24) is 0 Å². The molecule has 0 saturated heterocycles. The number of hydrogen-bond donors (Lipinski definition) is 1. The first-order chi connectivity index (χ1) is 8.75. The molecule has 0 unspecified atom stereocenters. The van der Waals surface area contributed by atoms with Gasteiger partial charge in [-0.25, -0.2) is 4.79 Å². The second kappa shape index (κ2) is 6.61. The van der Waals surface area contributed by atoms with Crippen LogP contribution in [0.25, 0.3) is 0 Å². The molecular weight excluding hydrogens is 246 g/mol. The van der Waals surface area contributed by atoms with Gasteiger partial charge < -0.3 is 10.5 Å². The van der Waals surface area contributed by atoms with Gasteiger partial charge in [-0.3, -0.25) is 0 Å². The predicted octanol–water partition coefficient (Wildman–Crippen LogP) is 1.65. The quantitative estimate of drug-likeness (QED) is 0.500. The van der Waals surface area contributed by atoms with Gasteiger partial charge in [-0.2, -0.15) is 0 Å². The van der Waals surface area contributed by atoms with E-state index in [0.29, 0.717) is 12.6 Å². The van der Waals surface area contributed by atoms with Crippen LogP contribution in [0.3, 0.4) is 0 Å². The molecule has 0 saturated carbocycles. The number of thioether (sulfide) groups is 1. The minimum Gasteiger partial charge on any atom is -0.461 e. The molecule has 1 aliphatic rings. The van der Waals surface area contributed by atoms with E-state index in [9.17, 15) is 4.79 Å². The zero-order chi connectivity index (χ0) is 12.8. The van der Waals surface area contributed by atoms with Crippen molar-refractivity contribution < 1.29 is 15.3 Å². The van der Waals surface area contributed by atoms with Gasteiger partial charge >= 0.3 is 5.97 Å². The summed E-state index contributed by atoms with van der Waals surface area (Å²) in [5.41, 5.74) is 4.73. The molecule has 96 valence electrons. The lowest BCUT2D eigenvalue weighted by Gasteiger charge is -2.05. The van der Waals surface area contributed by atoms with E-state index in [4.69, 9.17) is 4.74 Å². The van der Waals surface area contributed by atoms with Crippen LogP contribution in [0.2, 0.25) is 0 Å². The molecule has 1 aromatic rings. The number of carbonyl (C=O) groups is 1. The molecule has 0 heterocycles. The maximum Gasteiger partial charge on any atom is 0.333 e. The molecule has 1 aromatic carbocycles. The number of carbonyl (C=O) groups excluding carboxylic acids is 1. The van der Waals surface area contributed by atoms with E-state index in [0.717, 1.165) is 24.2 Å². The molecule has 0 fully saturated rings. The van der Waals surface area contributed by atoms with E-state index in [1.165, 1.54) is 4.90 Å². The Morgan fingerprint density at radius 3 is 2.83 bits per heavy atom. The molecule has 0 spiro atoms. The molecular formula is C14H18NO2S+. The number of quaternary nitrogens is 1. The van der Waals surface area contributed by atoms with Gasteiger partial charge in [0.05, 0.1) is 6.04 Å². The van der Waals surface area contributed by atoms with Crippen LogP contribution in [0.1, 0.15) is 12.8 Å². The van der Waals surface area contributed by atoms with Gasteiger partial charge in [-0.05, 0) is 12.1 Å². The molecule has 3 N–H and O–H groups in total. The van der Waals surface area contributed by atoms with Crippen LogP contribution in [0.4, 0.5) is 0 Å². The molecule has 1 atom stereocenters. The van der Waals surface area contributed by atoms with Gasteiger partial charge in [0.25, 0.3) is 0 Å². The van der Waals surface area contributed by atoms with E-state index < -0.39 is 0 Å². The average molecular weight is 264 g/mol. The Labute approximate surface area is 111 Å². The van der Waals surface area contributed by atoms with Crippen molar-refractivity contribution in [2.75, 3.05) is 12.4 Å². The number of hydrogen-bond acceptors (Lipinski definition) is 3. The summed E-state index contributed by atoms with van der Waals surface area (Å²) >= 11 is 1.70. The SMILES string of the molecule is [NH3+][C@H]1CC=C(C(=O)OCCSc2ccccc2)C1. The van der Waals surface area contributed by atoms with Crippen molar-refractivity contribution in [3.05, 3.63) is 42.0 Å². The number of esters is 1. The summed E-state index contributed by atoms with van der Waals surface area (Å²) in [6, 6.07) is 10.5. The van der Waals surface area contributed by atoms with E-state index >= 15 is 0 Å². The molecule has 1 aliphatic carbocycles. The lowest BCUT2D eigenvalue weighted by molar-refractivity contribution is -0.415. The van der Waals surface area contributed by atoms with Crippen molar-refractivity contribution in [1.29, 1.82) is 0 Å². The van der Waals surface area contributed by atoms with Crippen LogP contribution >= 0.6 is 11.8 Å². The summed E-state index contributed by atoms with van der Waals surface area (Å²) in [6.45, 7) is 0.456. The van der Waals surface area contributed by atoms with Crippen LogP contribution < -0.4 is 5.73 Å². The Hall–Kier alpha value is -1.26. The van der Waals surface area contributed by atoms with Crippen molar-refractivity contribution in [3.63, 3.8) is 0 Å². The van der Waals surface area contributed by atoms with Gasteiger partial charge in [0.2, 0.25) is 0 Å². The Morgan fingerprint density at radius 1 is 1.39 bits per heavy atom. The molecule has 3 nitrogen and oxygen atoms in total. The summed E-state index contributed by atoms with van der Waals surface area (Å²) < 4.78 is 5.24. The van der Waals surface area contributed by atoms with Crippen molar-refractivity contribution in [2.24, 2.45) is 0 Å². The summed E-state index contributed by atoms with van der Waals surface area (Å²) in [5, 5.41) is 0. The summed E-state index contributed by atoms with van der Waals surface area (Å²) in [6.07, 6.45) is 3.60. The molecule has 0 aromatic heterocycles. The van der Waals surface area contributed by atoms with E-state index in [1.807, 2.05) is 24.3 Å². The molecule has 0 radical (unpaired) electrons. The van der Waals surface area contributed by atoms with Crippen LogP contribution in [0, 0.1) is 0 Å². The molecule has 0 amide bonds. The molecule has 4 heteroatoms. The number of benzene rings is 1. The van der Waals surface area contributed by atoms with Crippen LogP contribution in [0.5, 0.6) is 0 Å². The fourth-order valence-corrected chi connectivity index (χ4v) is 2.61. The average Bonchev–Trinajstić information content (AvgIpc) is 2.82. The second-order valence-electron chi connectivity index (χ2n) is 4.33. The van der Waals surface area contributed by atoms with Gasteiger partial charge in [-0.1, -0.05) is 24.3 Å². The van der Waals surface area contributed by atoms with Gasteiger partial charge in [-0.15, -0.1) is 11.8 Å². The maximum absolute atomic E-state index is 11.7. The third kappa shape index (κ3) is 3.89. The van der Waals surface area contributed by atoms with Crippen LogP contribution in [0.15, 0.2) is 46.9 Å². The van der Waals surface area contributed by atoms with Gasteiger partial charge in [0.1, 0.15) is 6.61 Å². The first-order valence-electron chi connectivity index (χ1n) is 6.13.